The molecule has 2 bridgehead atoms. The molecule has 4 fully saturated rings. The van der Waals surface area contributed by atoms with Crippen molar-refractivity contribution in [2.24, 2.45) is 5.92 Å². The Morgan fingerprint density at radius 1 is 1.17 bits per heavy atom. The highest BCUT2D eigenvalue weighted by Crippen LogP contribution is 2.41. The number of nitrogens with one attached hydrogen (secondary N) is 1. The minimum atomic E-state index is -0.444. The molecule has 5 aliphatic rings. The van der Waals surface area contributed by atoms with E-state index in [-0.39, 0.29) is 35.9 Å². The second-order valence-electron chi connectivity index (χ2n) is 12.0. The monoisotopic (exact) mass is 561 g/mol. The third-order valence-corrected chi connectivity index (χ3v) is 9.36. The molecule has 1 aromatic heterocycles. The molecule has 4 aliphatic heterocycles. The van der Waals surface area contributed by atoms with Gasteiger partial charge in [-0.2, -0.15) is 0 Å². The van der Waals surface area contributed by atoms with E-state index in [4.69, 9.17) is 0 Å². The van der Waals surface area contributed by atoms with Gasteiger partial charge in [0.25, 0.3) is 5.91 Å². The van der Waals surface area contributed by atoms with Crippen LogP contribution in [-0.2, 0) is 4.79 Å². The van der Waals surface area contributed by atoms with Gasteiger partial charge in [-0.05, 0) is 64.7 Å². The molecule has 9 nitrogen and oxygen atoms in total. The zero-order valence-electron chi connectivity index (χ0n) is 24.2. The fourth-order valence-electron chi connectivity index (χ4n) is 7.29. The summed E-state index contributed by atoms with van der Waals surface area (Å²) in [6, 6.07) is 4.73. The zero-order valence-corrected chi connectivity index (χ0v) is 24.2. The largest absolute Gasteiger partial charge is 0.348 e. The molecule has 0 spiro atoms. The number of fused-ring (bicyclic) bond motifs is 4. The third kappa shape index (κ3) is 4.96. The highest BCUT2D eigenvalue weighted by atomic mass is 19.1. The number of nitrogens with zero attached hydrogens (tertiary/aromatic N) is 6. The topological polar surface area (TPSA) is 84.9 Å². The van der Waals surface area contributed by atoms with Gasteiger partial charge in [0.1, 0.15) is 17.8 Å². The Balaban J connectivity index is 1.24. The van der Waals surface area contributed by atoms with Crippen LogP contribution in [0.25, 0.3) is 0 Å². The Hall–Kier alpha value is -3.53. The second kappa shape index (κ2) is 11.0. The van der Waals surface area contributed by atoms with Crippen LogP contribution in [0.2, 0.25) is 0 Å². The summed E-state index contributed by atoms with van der Waals surface area (Å²) in [5, 5.41) is 3.58. The summed E-state index contributed by atoms with van der Waals surface area (Å²) in [6.45, 7) is 13.2. The molecule has 4 atom stereocenters. The molecule has 1 aromatic carbocycles. The summed E-state index contributed by atoms with van der Waals surface area (Å²) in [5.41, 5.74) is 2.97. The van der Waals surface area contributed by atoms with Crippen LogP contribution in [0.4, 0.5) is 21.6 Å². The molecule has 1 saturated carbocycles. The number of carbonyl (C=O) groups excluding carboxylic acids is 2. The lowest BCUT2D eigenvalue weighted by Crippen LogP contribution is -2.60. The number of amides is 2. The van der Waals surface area contributed by atoms with Crippen molar-refractivity contribution >= 4 is 29.0 Å². The smallest absolute Gasteiger partial charge is 0.256 e. The first kappa shape index (κ1) is 27.6. The average Bonchev–Trinajstić information content (AvgIpc) is 3.46. The van der Waals surface area contributed by atoms with E-state index in [0.29, 0.717) is 50.0 Å². The molecule has 1 N–H and O–H groups in total. The van der Waals surface area contributed by atoms with Crippen LogP contribution in [0.3, 0.4) is 0 Å². The van der Waals surface area contributed by atoms with Crippen molar-refractivity contribution in [1.82, 2.24) is 25.1 Å². The number of likely N-dealkylation sites (tertiary alicyclic amines) is 1. The van der Waals surface area contributed by atoms with Crippen molar-refractivity contribution < 1.29 is 14.0 Å². The lowest BCUT2D eigenvalue weighted by molar-refractivity contribution is -0.135. The first-order chi connectivity index (χ1) is 19.8. The zero-order chi connectivity index (χ0) is 28.8. The van der Waals surface area contributed by atoms with Crippen molar-refractivity contribution in [3.63, 3.8) is 0 Å². The van der Waals surface area contributed by atoms with Gasteiger partial charge in [-0.3, -0.25) is 9.59 Å². The molecule has 3 saturated heterocycles. The fraction of sp³-hybridized carbons (Fsp3) is 0.548. The van der Waals surface area contributed by atoms with Gasteiger partial charge in [0, 0.05) is 56.8 Å². The number of benzene rings is 1. The van der Waals surface area contributed by atoms with Gasteiger partial charge in [-0.25, -0.2) is 14.4 Å². The molecule has 218 valence electrons. The van der Waals surface area contributed by atoms with Crippen molar-refractivity contribution in [2.45, 2.75) is 70.6 Å². The van der Waals surface area contributed by atoms with Crippen LogP contribution < -0.4 is 15.1 Å². The lowest BCUT2D eigenvalue weighted by Gasteiger charge is -2.45. The Morgan fingerprint density at radius 3 is 2.73 bits per heavy atom. The van der Waals surface area contributed by atoms with E-state index >= 15 is 0 Å². The van der Waals surface area contributed by atoms with E-state index in [1.807, 2.05) is 30.6 Å². The number of anilines is 3. The molecule has 41 heavy (non-hydrogen) atoms. The fourth-order valence-corrected chi connectivity index (χ4v) is 7.29. The number of rotatable bonds is 6. The minimum absolute atomic E-state index is 0.0128. The normalized spacial score (nSPS) is 25.6. The van der Waals surface area contributed by atoms with E-state index in [9.17, 15) is 14.0 Å². The van der Waals surface area contributed by atoms with Crippen molar-refractivity contribution in [1.29, 1.82) is 0 Å². The Morgan fingerprint density at radius 2 is 2.00 bits per heavy atom. The summed E-state index contributed by atoms with van der Waals surface area (Å²) in [5.74, 6) is 0.545. The van der Waals surface area contributed by atoms with Gasteiger partial charge in [0.05, 0.1) is 23.5 Å². The highest BCUT2D eigenvalue weighted by molar-refractivity contribution is 6.01. The van der Waals surface area contributed by atoms with Crippen molar-refractivity contribution in [3.8, 4) is 0 Å². The molecule has 1 aliphatic carbocycles. The SMILES string of the molecule is C=C1CC2CC[C@H]1[C@@H](C(=O)N1CC[C@H](N3CCN(c4ccc(F)cc4C(=O)N(CC)C(C)C)c4cncnc43)C1)N2. The molecule has 0 radical (unpaired) electrons. The van der Waals surface area contributed by atoms with Crippen molar-refractivity contribution in [3.05, 3.63) is 54.3 Å². The Labute approximate surface area is 241 Å². The third-order valence-electron chi connectivity index (χ3n) is 9.36. The quantitative estimate of drug-likeness (QED) is 0.538. The molecule has 5 heterocycles. The first-order valence-corrected chi connectivity index (χ1v) is 14.9. The summed E-state index contributed by atoms with van der Waals surface area (Å²) < 4.78 is 14.4. The second-order valence-corrected chi connectivity index (χ2v) is 12.0. The van der Waals surface area contributed by atoms with E-state index in [1.54, 1.807) is 17.2 Å². The number of carbonyl (C=O) groups is 2. The molecule has 1 unspecified atom stereocenters. The predicted octanol–water partition coefficient (Wildman–Crippen LogP) is 3.74. The van der Waals surface area contributed by atoms with Gasteiger partial charge in [-0.15, -0.1) is 0 Å². The van der Waals surface area contributed by atoms with Crippen LogP contribution in [0.15, 0.2) is 42.9 Å². The molecule has 10 heteroatoms. The van der Waals surface area contributed by atoms with Gasteiger partial charge in [-0.1, -0.05) is 12.2 Å². The molecular weight excluding hydrogens is 521 g/mol. The van der Waals surface area contributed by atoms with Gasteiger partial charge in [0.2, 0.25) is 5.91 Å². The maximum Gasteiger partial charge on any atom is 0.256 e. The number of hydrogen-bond donors (Lipinski definition) is 1. The van der Waals surface area contributed by atoms with Crippen molar-refractivity contribution in [2.75, 3.05) is 42.5 Å². The molecule has 2 aromatic rings. The minimum Gasteiger partial charge on any atom is -0.348 e. The Bertz CT molecular complexity index is 1350. The number of hydrogen-bond acceptors (Lipinski definition) is 7. The van der Waals surface area contributed by atoms with Crippen LogP contribution in [-0.4, -0.2) is 88.5 Å². The van der Waals surface area contributed by atoms with E-state index < -0.39 is 5.82 Å². The van der Waals surface area contributed by atoms with E-state index in [1.165, 1.54) is 24.0 Å². The Kier molecular flexibility index (Phi) is 7.44. The van der Waals surface area contributed by atoms with Gasteiger partial charge in [0.15, 0.2) is 5.82 Å². The number of aromatic nitrogens is 2. The van der Waals surface area contributed by atoms with Gasteiger partial charge >= 0.3 is 0 Å². The van der Waals surface area contributed by atoms with Gasteiger partial charge < -0.3 is 24.9 Å². The van der Waals surface area contributed by atoms with Crippen LogP contribution in [0, 0.1) is 11.7 Å². The number of piperidine rings is 2. The standard InChI is InChI=1S/C31H40FN7O2/c1-5-37(19(2)3)30(40)25-15-21(32)6-9-26(25)39-13-12-38(29-27(39)16-33-18-34-29)23-10-11-36(17-23)31(41)28-24-8-7-22(35-28)14-20(24)4/h6,9,15-16,18-19,22-24,28,35H,4-5,7-8,10-14,17H2,1-3H3/t22?,23-,24+,28-/m0/s1. The molecule has 7 rings (SSSR count). The van der Waals surface area contributed by atoms with E-state index in [0.717, 1.165) is 37.2 Å². The summed E-state index contributed by atoms with van der Waals surface area (Å²) in [6.07, 6.45) is 7.29. The average molecular weight is 562 g/mol. The lowest BCUT2D eigenvalue weighted by atomic mass is 9.73. The van der Waals surface area contributed by atoms with Crippen LogP contribution >= 0.6 is 0 Å². The highest BCUT2D eigenvalue weighted by Gasteiger charge is 2.44. The summed E-state index contributed by atoms with van der Waals surface area (Å²) in [4.78, 5) is 44.2. The summed E-state index contributed by atoms with van der Waals surface area (Å²) >= 11 is 0. The maximum absolute atomic E-state index is 14.4. The molecule has 2 amide bonds. The summed E-state index contributed by atoms with van der Waals surface area (Å²) in [7, 11) is 0. The predicted molar refractivity (Wildman–Crippen MR) is 157 cm³/mol. The number of halogens is 1. The first-order valence-electron chi connectivity index (χ1n) is 14.9. The maximum atomic E-state index is 14.4. The van der Waals surface area contributed by atoms with Crippen LogP contribution in [0.5, 0.6) is 0 Å². The van der Waals surface area contributed by atoms with E-state index in [2.05, 4.69) is 26.8 Å². The molecular formula is C31H40FN7O2. The van der Waals surface area contributed by atoms with Crippen LogP contribution in [0.1, 0.15) is 56.8 Å².